The third kappa shape index (κ3) is 3.13. The van der Waals surface area contributed by atoms with Crippen molar-refractivity contribution in [2.45, 2.75) is 12.3 Å². The summed E-state index contributed by atoms with van der Waals surface area (Å²) in [7, 11) is 0. The number of ether oxygens (including phenoxy) is 3. The quantitative estimate of drug-likeness (QED) is 0.941. The maximum atomic E-state index is 6.05. The molecule has 2 aliphatic heterocycles. The highest BCUT2D eigenvalue weighted by Gasteiger charge is 2.27. The number of piperidine rings is 1. The van der Waals surface area contributed by atoms with Crippen LogP contribution in [0.4, 0.5) is 0 Å². The van der Waals surface area contributed by atoms with Crippen LogP contribution in [0.1, 0.15) is 17.9 Å². The fourth-order valence-electron chi connectivity index (χ4n) is 3.41. The lowest BCUT2D eigenvalue weighted by atomic mass is 9.81. The largest absolute Gasteiger partial charge is 0.493 e. The van der Waals surface area contributed by atoms with Crippen LogP contribution in [0, 0.1) is 5.92 Å². The van der Waals surface area contributed by atoms with Crippen LogP contribution < -0.4 is 19.5 Å². The minimum absolute atomic E-state index is 0.293. The van der Waals surface area contributed by atoms with E-state index in [2.05, 4.69) is 35.6 Å². The molecule has 0 radical (unpaired) electrons. The molecule has 1 saturated heterocycles. The summed E-state index contributed by atoms with van der Waals surface area (Å²) < 4.78 is 16.8. The first-order valence-corrected chi connectivity index (χ1v) is 8.18. The highest BCUT2D eigenvalue weighted by molar-refractivity contribution is 5.46. The van der Waals surface area contributed by atoms with Crippen molar-refractivity contribution >= 4 is 0 Å². The summed E-state index contributed by atoms with van der Waals surface area (Å²) >= 11 is 0. The van der Waals surface area contributed by atoms with Crippen molar-refractivity contribution in [3.8, 4) is 17.2 Å². The van der Waals surface area contributed by atoms with Gasteiger partial charge >= 0.3 is 0 Å². The van der Waals surface area contributed by atoms with Crippen molar-refractivity contribution in [1.82, 2.24) is 5.32 Å². The van der Waals surface area contributed by atoms with Gasteiger partial charge < -0.3 is 19.5 Å². The third-order valence-electron chi connectivity index (χ3n) is 4.64. The van der Waals surface area contributed by atoms with Crippen LogP contribution in [0.5, 0.6) is 17.2 Å². The van der Waals surface area contributed by atoms with E-state index in [0.29, 0.717) is 25.2 Å². The van der Waals surface area contributed by atoms with Crippen molar-refractivity contribution in [3.63, 3.8) is 0 Å². The number of hydrogen-bond acceptors (Lipinski definition) is 4. The Hall–Kier alpha value is -2.20. The van der Waals surface area contributed by atoms with Crippen molar-refractivity contribution in [3.05, 3.63) is 54.1 Å². The van der Waals surface area contributed by atoms with E-state index in [1.165, 1.54) is 5.56 Å². The van der Waals surface area contributed by atoms with Gasteiger partial charge in [0.1, 0.15) is 5.75 Å². The Morgan fingerprint density at radius 2 is 1.91 bits per heavy atom. The lowest BCUT2D eigenvalue weighted by Crippen LogP contribution is -2.38. The van der Waals surface area contributed by atoms with Crippen LogP contribution >= 0.6 is 0 Å². The molecule has 2 aliphatic rings. The molecule has 1 unspecified atom stereocenters. The average Bonchev–Trinajstić information content (AvgIpc) is 3.09. The number of rotatable bonds is 4. The Balaban J connectivity index is 1.44. The first-order chi connectivity index (χ1) is 11.4. The Labute approximate surface area is 136 Å². The fraction of sp³-hybridized carbons (Fsp3) is 0.368. The van der Waals surface area contributed by atoms with Crippen LogP contribution in [0.25, 0.3) is 0 Å². The Bertz CT molecular complexity index is 659. The highest BCUT2D eigenvalue weighted by atomic mass is 16.7. The van der Waals surface area contributed by atoms with Gasteiger partial charge in [0.05, 0.1) is 6.61 Å². The molecule has 1 fully saturated rings. The van der Waals surface area contributed by atoms with E-state index in [1.54, 1.807) is 0 Å². The highest BCUT2D eigenvalue weighted by Crippen LogP contribution is 2.36. The van der Waals surface area contributed by atoms with E-state index in [1.807, 2.05) is 18.2 Å². The van der Waals surface area contributed by atoms with E-state index in [4.69, 9.17) is 14.2 Å². The lowest BCUT2D eigenvalue weighted by molar-refractivity contribution is 0.173. The van der Waals surface area contributed by atoms with Crippen LogP contribution in [0.15, 0.2) is 48.5 Å². The summed E-state index contributed by atoms with van der Waals surface area (Å²) in [4.78, 5) is 0. The molecular weight excluding hydrogens is 290 g/mol. The molecule has 4 rings (SSSR count). The number of benzene rings is 2. The molecule has 0 amide bonds. The number of hydrogen-bond donors (Lipinski definition) is 1. The molecule has 2 aromatic carbocycles. The Morgan fingerprint density at radius 1 is 1.04 bits per heavy atom. The van der Waals surface area contributed by atoms with Gasteiger partial charge in [-0.15, -0.1) is 0 Å². The SMILES string of the molecule is c1ccc(C2CCNC[C@H]2COc2ccc3c(c2)OCO3)cc1. The first-order valence-electron chi connectivity index (χ1n) is 8.18. The molecule has 0 saturated carbocycles. The van der Waals surface area contributed by atoms with Gasteiger partial charge in [-0.25, -0.2) is 0 Å². The maximum Gasteiger partial charge on any atom is 0.231 e. The Morgan fingerprint density at radius 3 is 2.83 bits per heavy atom. The predicted molar refractivity (Wildman–Crippen MR) is 88.2 cm³/mol. The van der Waals surface area contributed by atoms with E-state index in [-0.39, 0.29) is 0 Å². The van der Waals surface area contributed by atoms with Crippen molar-refractivity contribution < 1.29 is 14.2 Å². The summed E-state index contributed by atoms with van der Waals surface area (Å²) in [5, 5.41) is 3.49. The second-order valence-electron chi connectivity index (χ2n) is 6.10. The topological polar surface area (TPSA) is 39.7 Å². The second kappa shape index (κ2) is 6.50. The maximum absolute atomic E-state index is 6.05. The number of nitrogens with one attached hydrogen (secondary N) is 1. The van der Waals surface area contributed by atoms with Crippen molar-refractivity contribution in [2.24, 2.45) is 5.92 Å². The van der Waals surface area contributed by atoms with Gasteiger partial charge in [0.25, 0.3) is 0 Å². The molecule has 2 atom stereocenters. The monoisotopic (exact) mass is 311 g/mol. The zero-order valence-electron chi connectivity index (χ0n) is 13.0. The summed E-state index contributed by atoms with van der Waals surface area (Å²) in [6.45, 7) is 3.05. The minimum Gasteiger partial charge on any atom is -0.493 e. The summed E-state index contributed by atoms with van der Waals surface area (Å²) in [5.74, 6) is 3.41. The molecule has 1 N–H and O–H groups in total. The van der Waals surface area contributed by atoms with Gasteiger partial charge in [0, 0.05) is 18.5 Å². The standard InChI is InChI=1S/C19H21NO3/c1-2-4-14(5-3-1)17-8-9-20-11-15(17)12-21-16-6-7-18-19(10-16)23-13-22-18/h1-7,10,15,17,20H,8-9,11-13H2/t15-,17?/m0/s1. The van der Waals surface area contributed by atoms with Crippen LogP contribution in [-0.4, -0.2) is 26.5 Å². The van der Waals surface area contributed by atoms with Crippen LogP contribution in [0.2, 0.25) is 0 Å². The minimum atomic E-state index is 0.293. The smallest absolute Gasteiger partial charge is 0.231 e. The van der Waals surface area contributed by atoms with Gasteiger partial charge in [-0.2, -0.15) is 0 Å². The average molecular weight is 311 g/mol. The molecule has 0 bridgehead atoms. The molecule has 23 heavy (non-hydrogen) atoms. The van der Waals surface area contributed by atoms with E-state index >= 15 is 0 Å². The van der Waals surface area contributed by atoms with Gasteiger partial charge in [0.2, 0.25) is 6.79 Å². The van der Waals surface area contributed by atoms with E-state index < -0.39 is 0 Å². The molecule has 0 spiro atoms. The van der Waals surface area contributed by atoms with E-state index in [0.717, 1.165) is 36.8 Å². The first kappa shape index (κ1) is 14.4. The van der Waals surface area contributed by atoms with E-state index in [9.17, 15) is 0 Å². The van der Waals surface area contributed by atoms with Crippen LogP contribution in [0.3, 0.4) is 0 Å². The molecular formula is C19H21NO3. The second-order valence-corrected chi connectivity index (χ2v) is 6.10. The normalized spacial score (nSPS) is 22.8. The van der Waals surface area contributed by atoms with Gasteiger partial charge in [-0.3, -0.25) is 0 Å². The molecule has 0 aromatic heterocycles. The Kier molecular flexibility index (Phi) is 4.07. The number of fused-ring (bicyclic) bond motifs is 1. The lowest BCUT2D eigenvalue weighted by Gasteiger charge is -2.32. The molecule has 2 aromatic rings. The molecule has 120 valence electrons. The summed E-state index contributed by atoms with van der Waals surface area (Å²) in [5.41, 5.74) is 1.41. The van der Waals surface area contributed by atoms with Gasteiger partial charge in [-0.05, 0) is 36.6 Å². The van der Waals surface area contributed by atoms with Crippen LogP contribution in [-0.2, 0) is 0 Å². The summed E-state index contributed by atoms with van der Waals surface area (Å²) in [6, 6.07) is 16.5. The molecule has 4 heteroatoms. The van der Waals surface area contributed by atoms with Gasteiger partial charge in [-0.1, -0.05) is 30.3 Å². The fourth-order valence-corrected chi connectivity index (χ4v) is 3.41. The van der Waals surface area contributed by atoms with Crippen molar-refractivity contribution in [1.29, 1.82) is 0 Å². The van der Waals surface area contributed by atoms with Crippen molar-refractivity contribution in [2.75, 3.05) is 26.5 Å². The zero-order valence-corrected chi connectivity index (χ0v) is 13.0. The molecule has 2 heterocycles. The third-order valence-corrected chi connectivity index (χ3v) is 4.64. The van der Waals surface area contributed by atoms with Gasteiger partial charge in [0.15, 0.2) is 11.5 Å². The predicted octanol–water partition coefficient (Wildman–Crippen LogP) is 3.19. The zero-order chi connectivity index (χ0) is 15.5. The summed E-state index contributed by atoms with van der Waals surface area (Å²) in [6.07, 6.45) is 1.15. The molecule has 0 aliphatic carbocycles. The molecule has 4 nitrogen and oxygen atoms in total.